The number of ether oxygens (including phenoxy) is 1. The molecule has 3 atom stereocenters. The molecule has 1 aromatic carbocycles. The molecule has 0 aliphatic carbocycles. The number of morpholine rings is 1. The SMILES string of the molecule is C[C@@H]1CN(CN2C(=O)N[C@@](C)(c3ccc(Br)cc3)C2=O)C[C@@H](C)O1. The summed E-state index contributed by atoms with van der Waals surface area (Å²) in [6, 6.07) is 7.09. The summed E-state index contributed by atoms with van der Waals surface area (Å²) < 4.78 is 6.64. The van der Waals surface area contributed by atoms with Crippen LogP contribution < -0.4 is 5.32 Å². The van der Waals surface area contributed by atoms with Crippen molar-refractivity contribution in [2.45, 2.75) is 38.5 Å². The van der Waals surface area contributed by atoms with Gasteiger partial charge in [0.15, 0.2) is 0 Å². The number of nitrogens with one attached hydrogen (secondary N) is 1. The van der Waals surface area contributed by atoms with E-state index in [1.165, 1.54) is 4.90 Å². The fourth-order valence-corrected chi connectivity index (χ4v) is 3.67. The minimum Gasteiger partial charge on any atom is -0.373 e. The average molecular weight is 396 g/mol. The summed E-state index contributed by atoms with van der Waals surface area (Å²) in [6.45, 7) is 7.45. The number of rotatable bonds is 3. The summed E-state index contributed by atoms with van der Waals surface area (Å²) >= 11 is 3.39. The molecule has 0 saturated carbocycles. The monoisotopic (exact) mass is 395 g/mol. The lowest BCUT2D eigenvalue weighted by Gasteiger charge is -2.36. The van der Waals surface area contributed by atoms with Crippen LogP contribution in [0.3, 0.4) is 0 Å². The Labute approximate surface area is 150 Å². The molecule has 3 amide bonds. The highest BCUT2D eigenvalue weighted by molar-refractivity contribution is 9.10. The third-order valence-electron chi connectivity index (χ3n) is 4.53. The lowest BCUT2D eigenvalue weighted by Crippen LogP contribution is -2.51. The molecule has 0 spiro atoms. The second kappa shape index (κ2) is 6.46. The van der Waals surface area contributed by atoms with E-state index >= 15 is 0 Å². The van der Waals surface area contributed by atoms with Crippen LogP contribution in [0.2, 0.25) is 0 Å². The normalized spacial score (nSPS) is 31.4. The van der Waals surface area contributed by atoms with Crippen molar-refractivity contribution in [1.82, 2.24) is 15.1 Å². The lowest BCUT2D eigenvalue weighted by molar-refractivity contribution is -0.135. The molecule has 6 nitrogen and oxygen atoms in total. The Morgan fingerprint density at radius 1 is 1.21 bits per heavy atom. The number of amides is 3. The molecule has 2 fully saturated rings. The lowest BCUT2D eigenvalue weighted by atomic mass is 9.92. The zero-order valence-electron chi connectivity index (χ0n) is 14.1. The van der Waals surface area contributed by atoms with Gasteiger partial charge in [-0.2, -0.15) is 0 Å². The molecule has 1 N–H and O–H groups in total. The summed E-state index contributed by atoms with van der Waals surface area (Å²) in [7, 11) is 0. The van der Waals surface area contributed by atoms with Crippen molar-refractivity contribution in [2.75, 3.05) is 19.8 Å². The van der Waals surface area contributed by atoms with Gasteiger partial charge in [-0.1, -0.05) is 28.1 Å². The summed E-state index contributed by atoms with van der Waals surface area (Å²) in [5, 5.41) is 2.84. The van der Waals surface area contributed by atoms with Gasteiger partial charge in [0.25, 0.3) is 5.91 Å². The van der Waals surface area contributed by atoms with E-state index in [2.05, 4.69) is 26.1 Å². The molecule has 0 unspecified atom stereocenters. The standard InChI is InChI=1S/C17H22BrN3O3/c1-11-8-20(9-12(2)24-11)10-21-15(22)17(3,19-16(21)23)13-4-6-14(18)7-5-13/h4-7,11-12H,8-10H2,1-3H3,(H,19,23)/t11-,12-,17+/m1/s1. The molecule has 24 heavy (non-hydrogen) atoms. The average Bonchev–Trinajstić information content (AvgIpc) is 2.71. The number of benzene rings is 1. The number of urea groups is 1. The van der Waals surface area contributed by atoms with Gasteiger partial charge in [0, 0.05) is 17.6 Å². The van der Waals surface area contributed by atoms with Crippen molar-refractivity contribution in [3.63, 3.8) is 0 Å². The second-order valence-electron chi connectivity index (χ2n) is 6.73. The molecule has 2 aliphatic heterocycles. The molecule has 1 aromatic rings. The molecule has 0 radical (unpaired) electrons. The molecule has 7 heteroatoms. The van der Waals surface area contributed by atoms with E-state index in [0.717, 1.165) is 10.0 Å². The summed E-state index contributed by atoms with van der Waals surface area (Å²) in [5.41, 5.74) is -0.253. The van der Waals surface area contributed by atoms with Gasteiger partial charge >= 0.3 is 6.03 Å². The molecule has 0 aromatic heterocycles. The third-order valence-corrected chi connectivity index (χ3v) is 5.06. The highest BCUT2D eigenvalue weighted by atomic mass is 79.9. The van der Waals surface area contributed by atoms with E-state index in [1.54, 1.807) is 6.92 Å². The van der Waals surface area contributed by atoms with Crippen LogP contribution in [-0.4, -0.2) is 53.7 Å². The predicted octanol–water partition coefficient (Wildman–Crippen LogP) is 2.28. The van der Waals surface area contributed by atoms with Crippen molar-refractivity contribution >= 4 is 27.9 Å². The summed E-state index contributed by atoms with van der Waals surface area (Å²) in [5.74, 6) is -0.221. The molecule has 3 rings (SSSR count). The van der Waals surface area contributed by atoms with Crippen molar-refractivity contribution in [2.24, 2.45) is 0 Å². The zero-order valence-corrected chi connectivity index (χ0v) is 15.7. The number of carbonyl (C=O) groups is 2. The third kappa shape index (κ3) is 3.20. The molecular formula is C17H22BrN3O3. The van der Waals surface area contributed by atoms with Crippen LogP contribution in [0.1, 0.15) is 26.3 Å². The van der Waals surface area contributed by atoms with Gasteiger partial charge in [0.1, 0.15) is 5.54 Å². The number of carbonyl (C=O) groups excluding carboxylic acids is 2. The van der Waals surface area contributed by atoms with E-state index in [-0.39, 0.29) is 30.8 Å². The molecule has 2 saturated heterocycles. The first-order valence-electron chi connectivity index (χ1n) is 8.07. The van der Waals surface area contributed by atoms with Gasteiger partial charge in [-0.3, -0.25) is 9.69 Å². The number of halogens is 1. The Kier molecular flexibility index (Phi) is 4.68. The summed E-state index contributed by atoms with van der Waals surface area (Å²) in [4.78, 5) is 28.7. The fourth-order valence-electron chi connectivity index (χ4n) is 3.40. The number of hydrogen-bond donors (Lipinski definition) is 1. The topological polar surface area (TPSA) is 61.9 Å². The molecule has 0 bridgehead atoms. The molecule has 130 valence electrons. The smallest absolute Gasteiger partial charge is 0.326 e. The second-order valence-corrected chi connectivity index (χ2v) is 7.65. The Balaban J connectivity index is 1.77. The Morgan fingerprint density at radius 3 is 2.38 bits per heavy atom. The minimum absolute atomic E-state index is 0.0902. The van der Waals surface area contributed by atoms with Gasteiger partial charge in [-0.25, -0.2) is 9.69 Å². The van der Waals surface area contributed by atoms with E-state index in [9.17, 15) is 9.59 Å². The van der Waals surface area contributed by atoms with Crippen molar-refractivity contribution in [1.29, 1.82) is 0 Å². The Bertz CT molecular complexity index is 641. The van der Waals surface area contributed by atoms with Crippen LogP contribution in [0.25, 0.3) is 0 Å². The van der Waals surface area contributed by atoms with Gasteiger partial charge in [0.05, 0.1) is 18.9 Å². The minimum atomic E-state index is -1.03. The Hall–Kier alpha value is -1.44. The highest BCUT2D eigenvalue weighted by Crippen LogP contribution is 2.30. The van der Waals surface area contributed by atoms with Crippen LogP contribution in [0.4, 0.5) is 4.79 Å². The maximum absolute atomic E-state index is 12.9. The summed E-state index contributed by atoms with van der Waals surface area (Å²) in [6.07, 6.45) is 0.180. The van der Waals surface area contributed by atoms with E-state index in [1.807, 2.05) is 38.1 Å². The van der Waals surface area contributed by atoms with E-state index < -0.39 is 5.54 Å². The van der Waals surface area contributed by atoms with Crippen LogP contribution in [0, 0.1) is 0 Å². The number of imide groups is 1. The largest absolute Gasteiger partial charge is 0.373 e. The maximum Gasteiger partial charge on any atom is 0.326 e. The van der Waals surface area contributed by atoms with Gasteiger partial charge in [0.2, 0.25) is 0 Å². The van der Waals surface area contributed by atoms with E-state index in [0.29, 0.717) is 13.1 Å². The van der Waals surface area contributed by atoms with Crippen LogP contribution in [0.5, 0.6) is 0 Å². The first-order valence-corrected chi connectivity index (χ1v) is 8.87. The predicted molar refractivity (Wildman–Crippen MR) is 93.3 cm³/mol. The highest BCUT2D eigenvalue weighted by Gasteiger charge is 2.49. The van der Waals surface area contributed by atoms with Gasteiger partial charge in [-0.05, 0) is 38.5 Å². The zero-order chi connectivity index (χ0) is 17.5. The maximum atomic E-state index is 12.9. The number of nitrogens with zero attached hydrogens (tertiary/aromatic N) is 2. The number of hydrogen-bond acceptors (Lipinski definition) is 4. The van der Waals surface area contributed by atoms with Crippen LogP contribution in [0.15, 0.2) is 28.7 Å². The van der Waals surface area contributed by atoms with E-state index in [4.69, 9.17) is 4.74 Å². The van der Waals surface area contributed by atoms with Crippen LogP contribution in [-0.2, 0) is 15.1 Å². The van der Waals surface area contributed by atoms with Crippen molar-refractivity contribution in [3.8, 4) is 0 Å². The molecule has 2 aliphatic rings. The molecular weight excluding hydrogens is 374 g/mol. The quantitative estimate of drug-likeness (QED) is 0.797. The fraction of sp³-hybridized carbons (Fsp3) is 0.529. The first-order chi connectivity index (χ1) is 11.3. The van der Waals surface area contributed by atoms with Gasteiger partial charge < -0.3 is 10.1 Å². The first kappa shape index (κ1) is 17.4. The van der Waals surface area contributed by atoms with Crippen molar-refractivity contribution < 1.29 is 14.3 Å². The van der Waals surface area contributed by atoms with Crippen LogP contribution >= 0.6 is 15.9 Å². The molecule has 2 heterocycles. The van der Waals surface area contributed by atoms with Gasteiger partial charge in [-0.15, -0.1) is 0 Å². The Morgan fingerprint density at radius 2 is 1.79 bits per heavy atom. The van der Waals surface area contributed by atoms with Crippen molar-refractivity contribution in [3.05, 3.63) is 34.3 Å².